The van der Waals surface area contributed by atoms with Crippen molar-refractivity contribution in [2.45, 2.75) is 12.1 Å². The van der Waals surface area contributed by atoms with Crippen LogP contribution in [0.2, 0.25) is 0 Å². The van der Waals surface area contributed by atoms with E-state index in [-0.39, 0.29) is 5.69 Å². The van der Waals surface area contributed by atoms with Gasteiger partial charge in [-0.3, -0.25) is 14.9 Å². The van der Waals surface area contributed by atoms with Crippen LogP contribution in [0.25, 0.3) is 0 Å². The van der Waals surface area contributed by atoms with Crippen LogP contribution in [0.4, 0.5) is 5.69 Å². The Hall–Kier alpha value is -1.99. The summed E-state index contributed by atoms with van der Waals surface area (Å²) in [6, 6.07) is 4.55. The molecule has 0 saturated carbocycles. The number of aliphatic hydroxyl groups excluding tert-OH is 1. The average Bonchev–Trinajstić information content (AvgIpc) is 2.36. The summed E-state index contributed by atoms with van der Waals surface area (Å²) in [5.41, 5.74) is 5.93. The molecule has 0 aromatic heterocycles. The molecular formula is C11H15N3O4. The number of nitrogens with zero attached hydrogens (tertiary/aromatic N) is 2. The molecule has 2 atom stereocenters. The highest BCUT2D eigenvalue weighted by Crippen LogP contribution is 2.20. The minimum absolute atomic E-state index is 0.132. The first-order valence-electron chi connectivity index (χ1n) is 5.23. The second kappa shape index (κ2) is 5.56. The lowest BCUT2D eigenvalue weighted by Crippen LogP contribution is -2.40. The van der Waals surface area contributed by atoms with Crippen LogP contribution in [-0.4, -0.2) is 41.0 Å². The molecule has 0 heterocycles. The summed E-state index contributed by atoms with van der Waals surface area (Å²) in [6.07, 6.45) is -1.43. The van der Waals surface area contributed by atoms with Gasteiger partial charge in [0.05, 0.1) is 11.0 Å². The lowest BCUT2D eigenvalue weighted by Gasteiger charge is -2.21. The maximum Gasteiger partial charge on any atom is 0.269 e. The van der Waals surface area contributed by atoms with Crippen molar-refractivity contribution in [1.82, 2.24) is 4.90 Å². The van der Waals surface area contributed by atoms with Crippen LogP contribution >= 0.6 is 0 Å². The van der Waals surface area contributed by atoms with Gasteiger partial charge in [-0.1, -0.05) is 12.1 Å². The number of hydrogen-bond donors (Lipinski definition) is 2. The number of aliphatic hydroxyl groups is 1. The van der Waals surface area contributed by atoms with Gasteiger partial charge < -0.3 is 15.7 Å². The zero-order valence-electron chi connectivity index (χ0n) is 10.1. The van der Waals surface area contributed by atoms with Gasteiger partial charge in [0.2, 0.25) is 0 Å². The van der Waals surface area contributed by atoms with Crippen molar-refractivity contribution in [2.24, 2.45) is 5.73 Å². The predicted molar refractivity (Wildman–Crippen MR) is 64.7 cm³/mol. The fourth-order valence-corrected chi connectivity index (χ4v) is 1.45. The molecule has 0 aliphatic heterocycles. The average molecular weight is 253 g/mol. The van der Waals surface area contributed by atoms with E-state index in [2.05, 4.69) is 0 Å². The van der Waals surface area contributed by atoms with Gasteiger partial charge in [-0.2, -0.15) is 0 Å². The third-order valence-electron chi connectivity index (χ3n) is 2.50. The molecule has 0 aliphatic carbocycles. The third kappa shape index (κ3) is 3.02. The van der Waals surface area contributed by atoms with Crippen molar-refractivity contribution in [3.05, 3.63) is 39.9 Å². The predicted octanol–water partition coefficient (Wildman–Crippen LogP) is 0.0437. The van der Waals surface area contributed by atoms with Gasteiger partial charge in [-0.25, -0.2) is 0 Å². The molecule has 1 rings (SSSR count). The van der Waals surface area contributed by atoms with E-state index in [0.717, 1.165) is 0 Å². The van der Waals surface area contributed by atoms with Gasteiger partial charge in [0.1, 0.15) is 0 Å². The second-order valence-electron chi connectivity index (χ2n) is 4.06. The Morgan fingerprint density at radius 1 is 1.50 bits per heavy atom. The van der Waals surface area contributed by atoms with Crippen molar-refractivity contribution in [1.29, 1.82) is 0 Å². The quantitative estimate of drug-likeness (QED) is 0.581. The van der Waals surface area contributed by atoms with Crippen molar-refractivity contribution in [3.8, 4) is 0 Å². The first kappa shape index (κ1) is 14.1. The topological polar surface area (TPSA) is 110 Å². The van der Waals surface area contributed by atoms with Crippen LogP contribution in [0.15, 0.2) is 24.3 Å². The van der Waals surface area contributed by atoms with E-state index in [4.69, 9.17) is 5.73 Å². The third-order valence-corrected chi connectivity index (χ3v) is 2.50. The largest absolute Gasteiger partial charge is 0.381 e. The number of rotatable bonds is 4. The Labute approximate surface area is 104 Å². The number of non-ortho nitro benzene ring substituents is 1. The van der Waals surface area contributed by atoms with Crippen molar-refractivity contribution >= 4 is 11.6 Å². The number of nitro benzene ring substituents is 1. The molecule has 7 heteroatoms. The molecule has 3 N–H and O–H groups in total. The number of nitro groups is 1. The van der Waals surface area contributed by atoms with E-state index >= 15 is 0 Å². The van der Waals surface area contributed by atoms with E-state index in [9.17, 15) is 20.0 Å². The zero-order valence-corrected chi connectivity index (χ0v) is 10.1. The molecule has 2 unspecified atom stereocenters. The monoisotopic (exact) mass is 253 g/mol. The Balaban J connectivity index is 2.96. The Morgan fingerprint density at radius 3 is 2.61 bits per heavy atom. The van der Waals surface area contributed by atoms with Gasteiger partial charge in [0, 0.05) is 26.2 Å². The van der Waals surface area contributed by atoms with Crippen LogP contribution in [0, 0.1) is 10.1 Å². The van der Waals surface area contributed by atoms with E-state index < -0.39 is 23.0 Å². The van der Waals surface area contributed by atoms with Crippen molar-refractivity contribution < 1.29 is 14.8 Å². The number of benzene rings is 1. The van der Waals surface area contributed by atoms with Gasteiger partial charge in [0.15, 0.2) is 6.10 Å². The van der Waals surface area contributed by atoms with Crippen LogP contribution in [0.3, 0.4) is 0 Å². The molecule has 1 amide bonds. The van der Waals surface area contributed by atoms with Crippen LogP contribution in [0.1, 0.15) is 11.6 Å². The lowest BCUT2D eigenvalue weighted by molar-refractivity contribution is -0.384. The molecular weight excluding hydrogens is 238 g/mol. The van der Waals surface area contributed by atoms with E-state index in [1.54, 1.807) is 0 Å². The molecule has 18 heavy (non-hydrogen) atoms. The number of hydrogen-bond acceptors (Lipinski definition) is 5. The number of amides is 1. The first-order chi connectivity index (χ1) is 8.34. The Bertz CT molecular complexity index is 461. The summed E-state index contributed by atoms with van der Waals surface area (Å²) in [7, 11) is 2.98. The SMILES string of the molecule is CN(C)C(=O)C(O)C(N)c1cccc([N+](=O)[O-])c1. The summed E-state index contributed by atoms with van der Waals surface area (Å²) in [5, 5.41) is 20.4. The van der Waals surface area contributed by atoms with Crippen LogP contribution in [-0.2, 0) is 4.79 Å². The number of nitrogens with two attached hydrogens (primary N) is 1. The highest BCUT2D eigenvalue weighted by Gasteiger charge is 2.26. The second-order valence-corrected chi connectivity index (χ2v) is 4.06. The molecule has 0 fully saturated rings. The fraction of sp³-hybridized carbons (Fsp3) is 0.364. The number of carbonyl (C=O) groups is 1. The van der Waals surface area contributed by atoms with E-state index in [1.807, 2.05) is 0 Å². The van der Waals surface area contributed by atoms with Gasteiger partial charge in [-0.05, 0) is 5.56 Å². The molecule has 1 aromatic rings. The van der Waals surface area contributed by atoms with Crippen LogP contribution < -0.4 is 5.73 Å². The molecule has 0 spiro atoms. The number of likely N-dealkylation sites (N-methyl/N-ethyl adjacent to an activating group) is 1. The molecule has 0 aliphatic rings. The highest BCUT2D eigenvalue weighted by atomic mass is 16.6. The van der Waals surface area contributed by atoms with Crippen molar-refractivity contribution in [2.75, 3.05) is 14.1 Å². The summed E-state index contributed by atoms with van der Waals surface area (Å²) in [5.74, 6) is -0.547. The maximum atomic E-state index is 11.5. The van der Waals surface area contributed by atoms with E-state index in [0.29, 0.717) is 5.56 Å². The molecule has 0 bridgehead atoms. The smallest absolute Gasteiger partial charge is 0.269 e. The first-order valence-corrected chi connectivity index (χ1v) is 5.23. The molecule has 98 valence electrons. The molecule has 7 nitrogen and oxygen atoms in total. The van der Waals surface area contributed by atoms with Gasteiger partial charge >= 0.3 is 0 Å². The summed E-state index contributed by atoms with van der Waals surface area (Å²) in [6.45, 7) is 0. The van der Waals surface area contributed by atoms with Crippen molar-refractivity contribution in [3.63, 3.8) is 0 Å². The zero-order chi connectivity index (χ0) is 13.9. The minimum Gasteiger partial charge on any atom is -0.381 e. The molecule has 0 radical (unpaired) electrons. The highest BCUT2D eigenvalue weighted by molar-refractivity contribution is 5.81. The standard InChI is InChI=1S/C11H15N3O4/c1-13(2)11(16)10(15)9(12)7-4-3-5-8(6-7)14(17)18/h3-6,9-10,15H,12H2,1-2H3. The van der Waals surface area contributed by atoms with Gasteiger partial charge in [-0.15, -0.1) is 0 Å². The summed E-state index contributed by atoms with van der Waals surface area (Å²) in [4.78, 5) is 22.8. The normalized spacial score (nSPS) is 13.8. The van der Waals surface area contributed by atoms with E-state index in [1.165, 1.54) is 43.3 Å². The maximum absolute atomic E-state index is 11.5. The van der Waals surface area contributed by atoms with Gasteiger partial charge in [0.25, 0.3) is 11.6 Å². The molecule has 1 aromatic carbocycles. The number of carbonyl (C=O) groups excluding carboxylic acids is 1. The summed E-state index contributed by atoms with van der Waals surface area (Å²) < 4.78 is 0. The Morgan fingerprint density at radius 2 is 2.11 bits per heavy atom. The minimum atomic E-state index is -1.43. The molecule has 0 saturated heterocycles. The van der Waals surface area contributed by atoms with Crippen LogP contribution in [0.5, 0.6) is 0 Å². The Kier molecular flexibility index (Phi) is 4.35. The lowest BCUT2D eigenvalue weighted by atomic mass is 10.0. The fourth-order valence-electron chi connectivity index (χ4n) is 1.45. The summed E-state index contributed by atoms with van der Waals surface area (Å²) >= 11 is 0.